The monoisotopic (exact) mass is 308 g/mol. The van der Waals surface area contributed by atoms with Crippen molar-refractivity contribution in [3.63, 3.8) is 0 Å². The molecule has 3 aliphatic rings. The van der Waals surface area contributed by atoms with E-state index in [1.165, 1.54) is 58.3 Å². The van der Waals surface area contributed by atoms with Gasteiger partial charge < -0.3 is 5.11 Å². The average Bonchev–Trinajstić information content (AvgIpc) is 2.50. The van der Waals surface area contributed by atoms with Gasteiger partial charge in [0.05, 0.1) is 0 Å². The Morgan fingerprint density at radius 1 is 1.23 bits per heavy atom. The molecule has 3 saturated heterocycles. The van der Waals surface area contributed by atoms with Crippen LogP contribution in [-0.4, -0.2) is 59.1 Å². The molecular weight excluding hydrogens is 276 g/mol. The van der Waals surface area contributed by atoms with E-state index in [-0.39, 0.29) is 0 Å². The zero-order chi connectivity index (χ0) is 15.5. The molecule has 3 rings (SSSR count). The highest BCUT2D eigenvalue weighted by atomic mass is 16.4. The molecule has 0 saturated carbocycles. The highest BCUT2D eigenvalue weighted by molar-refractivity contribution is 5.66. The molecule has 4 atom stereocenters. The van der Waals surface area contributed by atoms with Crippen LogP contribution in [0.25, 0.3) is 0 Å². The van der Waals surface area contributed by atoms with Crippen molar-refractivity contribution in [2.45, 2.75) is 70.4 Å². The van der Waals surface area contributed by atoms with E-state index in [2.05, 4.69) is 16.7 Å². The number of hydrogen-bond acceptors (Lipinski definition) is 3. The summed E-state index contributed by atoms with van der Waals surface area (Å²) in [5.41, 5.74) is 0. The molecule has 0 aromatic rings. The van der Waals surface area contributed by atoms with E-state index in [1.807, 2.05) is 0 Å². The zero-order valence-corrected chi connectivity index (χ0v) is 14.0. The lowest BCUT2D eigenvalue weighted by molar-refractivity contribution is -0.137. The van der Waals surface area contributed by atoms with E-state index in [9.17, 15) is 4.79 Å². The third-order valence-corrected chi connectivity index (χ3v) is 6.18. The van der Waals surface area contributed by atoms with Gasteiger partial charge in [0.1, 0.15) is 0 Å². The summed E-state index contributed by atoms with van der Waals surface area (Å²) >= 11 is 0. The first-order chi connectivity index (χ1) is 10.7. The van der Waals surface area contributed by atoms with Gasteiger partial charge in [0, 0.05) is 25.0 Å². The fourth-order valence-electron chi connectivity index (χ4n) is 5.49. The number of likely N-dealkylation sites (tertiary alicyclic amines) is 1. The van der Waals surface area contributed by atoms with Crippen molar-refractivity contribution in [1.82, 2.24) is 9.80 Å². The van der Waals surface area contributed by atoms with Crippen molar-refractivity contribution in [2.24, 2.45) is 11.8 Å². The average molecular weight is 308 g/mol. The van der Waals surface area contributed by atoms with Crippen molar-refractivity contribution >= 4 is 5.97 Å². The number of aliphatic carboxylic acids is 1. The fraction of sp³-hybridized carbons (Fsp3) is 0.944. The Bertz CT molecular complexity index is 385. The molecule has 0 amide bonds. The van der Waals surface area contributed by atoms with Crippen LogP contribution in [-0.2, 0) is 4.79 Å². The Labute approximate surface area is 134 Å². The maximum atomic E-state index is 10.9. The molecule has 4 heteroatoms. The minimum absolute atomic E-state index is 0.334. The summed E-state index contributed by atoms with van der Waals surface area (Å²) in [5.74, 6) is 1.01. The fourth-order valence-corrected chi connectivity index (χ4v) is 5.49. The molecule has 3 aliphatic heterocycles. The van der Waals surface area contributed by atoms with Crippen molar-refractivity contribution in [3.05, 3.63) is 0 Å². The van der Waals surface area contributed by atoms with Crippen LogP contribution in [0.3, 0.4) is 0 Å². The molecule has 3 fully saturated rings. The summed E-state index contributed by atoms with van der Waals surface area (Å²) < 4.78 is 0. The SMILES string of the molecule is CCCN1C[C@@H]2CCCN3CCC[C@H](C1CCCC(=O)O)[C@H]23. The van der Waals surface area contributed by atoms with E-state index in [4.69, 9.17) is 5.11 Å². The Kier molecular flexibility index (Phi) is 5.40. The van der Waals surface area contributed by atoms with Gasteiger partial charge >= 0.3 is 5.97 Å². The molecule has 3 heterocycles. The van der Waals surface area contributed by atoms with Crippen LogP contribution in [0, 0.1) is 11.8 Å². The molecule has 1 N–H and O–H groups in total. The second kappa shape index (κ2) is 7.31. The predicted octanol–water partition coefficient (Wildman–Crippen LogP) is 2.83. The van der Waals surface area contributed by atoms with Crippen LogP contribution in [0.15, 0.2) is 0 Å². The van der Waals surface area contributed by atoms with Crippen LogP contribution in [0.5, 0.6) is 0 Å². The Balaban J connectivity index is 1.72. The lowest BCUT2D eigenvalue weighted by Gasteiger charge is -2.57. The second-order valence-electron chi connectivity index (χ2n) is 7.58. The second-order valence-corrected chi connectivity index (χ2v) is 7.58. The van der Waals surface area contributed by atoms with Crippen LogP contribution in [0.4, 0.5) is 0 Å². The van der Waals surface area contributed by atoms with Gasteiger partial charge in [0.25, 0.3) is 0 Å². The first kappa shape index (κ1) is 16.3. The summed E-state index contributed by atoms with van der Waals surface area (Å²) in [7, 11) is 0. The molecule has 126 valence electrons. The summed E-state index contributed by atoms with van der Waals surface area (Å²) in [6.45, 7) is 7.32. The van der Waals surface area contributed by atoms with Crippen molar-refractivity contribution < 1.29 is 9.90 Å². The van der Waals surface area contributed by atoms with Crippen molar-refractivity contribution in [3.8, 4) is 0 Å². The van der Waals surface area contributed by atoms with Gasteiger partial charge in [-0.1, -0.05) is 6.92 Å². The molecule has 0 radical (unpaired) electrons. The van der Waals surface area contributed by atoms with Gasteiger partial charge in [-0.25, -0.2) is 0 Å². The number of nitrogens with zero attached hydrogens (tertiary/aromatic N) is 2. The number of carboxylic acid groups (broad SMARTS) is 1. The molecule has 1 unspecified atom stereocenters. The van der Waals surface area contributed by atoms with Crippen molar-refractivity contribution in [2.75, 3.05) is 26.2 Å². The summed E-state index contributed by atoms with van der Waals surface area (Å²) in [6, 6.07) is 1.42. The van der Waals surface area contributed by atoms with Crippen LogP contribution >= 0.6 is 0 Å². The molecule has 0 aromatic heterocycles. The van der Waals surface area contributed by atoms with Gasteiger partial charge in [-0.05, 0) is 76.4 Å². The number of piperidine rings is 3. The van der Waals surface area contributed by atoms with Gasteiger partial charge in [-0.15, -0.1) is 0 Å². The minimum Gasteiger partial charge on any atom is -0.481 e. The largest absolute Gasteiger partial charge is 0.481 e. The standard InChI is InChI=1S/C18H32N2O2/c1-2-10-20-13-14-6-4-11-19-12-5-7-15(18(14)19)16(20)8-3-9-17(21)22/h14-16,18H,2-13H2,1H3,(H,21,22)/t14-,15+,16?,18-/m0/s1. The molecule has 22 heavy (non-hydrogen) atoms. The smallest absolute Gasteiger partial charge is 0.303 e. The molecule has 0 aromatic carbocycles. The van der Waals surface area contributed by atoms with E-state index in [0.717, 1.165) is 30.7 Å². The zero-order valence-electron chi connectivity index (χ0n) is 14.0. The maximum Gasteiger partial charge on any atom is 0.303 e. The molecule has 0 bridgehead atoms. The summed E-state index contributed by atoms with van der Waals surface area (Å²) in [5, 5.41) is 8.95. The predicted molar refractivity (Wildman–Crippen MR) is 87.9 cm³/mol. The Morgan fingerprint density at radius 2 is 2.00 bits per heavy atom. The Hall–Kier alpha value is -0.610. The molecule has 0 aliphatic carbocycles. The first-order valence-electron chi connectivity index (χ1n) is 9.40. The number of rotatable bonds is 6. The molecule has 0 spiro atoms. The highest BCUT2D eigenvalue weighted by Gasteiger charge is 2.47. The van der Waals surface area contributed by atoms with E-state index >= 15 is 0 Å². The van der Waals surface area contributed by atoms with Gasteiger partial charge in [0.15, 0.2) is 0 Å². The van der Waals surface area contributed by atoms with Crippen molar-refractivity contribution in [1.29, 1.82) is 0 Å². The minimum atomic E-state index is -0.640. The van der Waals surface area contributed by atoms with E-state index in [0.29, 0.717) is 12.5 Å². The van der Waals surface area contributed by atoms with E-state index < -0.39 is 5.97 Å². The van der Waals surface area contributed by atoms with E-state index in [1.54, 1.807) is 0 Å². The maximum absolute atomic E-state index is 10.9. The third-order valence-electron chi connectivity index (χ3n) is 6.18. The number of hydrogen-bond donors (Lipinski definition) is 1. The first-order valence-corrected chi connectivity index (χ1v) is 9.40. The lowest BCUT2D eigenvalue weighted by atomic mass is 9.69. The Morgan fingerprint density at radius 3 is 2.73 bits per heavy atom. The summed E-state index contributed by atoms with van der Waals surface area (Å²) in [6.07, 6.45) is 8.93. The van der Waals surface area contributed by atoms with Gasteiger partial charge in [-0.2, -0.15) is 0 Å². The highest BCUT2D eigenvalue weighted by Crippen LogP contribution is 2.43. The number of carboxylic acids is 1. The van der Waals surface area contributed by atoms with Gasteiger partial charge in [-0.3, -0.25) is 14.6 Å². The lowest BCUT2D eigenvalue weighted by Crippen LogP contribution is -2.64. The van der Waals surface area contributed by atoms with Gasteiger partial charge in [0.2, 0.25) is 0 Å². The normalized spacial score (nSPS) is 36.0. The number of carbonyl (C=O) groups is 1. The van der Waals surface area contributed by atoms with Crippen LogP contribution in [0.2, 0.25) is 0 Å². The topological polar surface area (TPSA) is 43.8 Å². The van der Waals surface area contributed by atoms with Crippen LogP contribution < -0.4 is 0 Å². The third kappa shape index (κ3) is 3.33. The van der Waals surface area contributed by atoms with Crippen LogP contribution in [0.1, 0.15) is 58.3 Å². The molecular formula is C18H32N2O2. The molecule has 4 nitrogen and oxygen atoms in total. The summed E-state index contributed by atoms with van der Waals surface area (Å²) in [4.78, 5) is 16.4. The quantitative estimate of drug-likeness (QED) is 0.819.